The summed E-state index contributed by atoms with van der Waals surface area (Å²) in [4.78, 5) is 16.9. The number of nitrogens with zero attached hydrogens (tertiary/aromatic N) is 2. The second kappa shape index (κ2) is 4.46. The van der Waals surface area contributed by atoms with Crippen LogP contribution in [0.3, 0.4) is 0 Å². The number of carbonyl (C=O) groups is 1. The van der Waals surface area contributed by atoms with Gasteiger partial charge in [0.2, 0.25) is 0 Å². The maximum absolute atomic E-state index is 12.7. The van der Waals surface area contributed by atoms with Crippen molar-refractivity contribution in [2.24, 2.45) is 0 Å². The van der Waals surface area contributed by atoms with E-state index in [1.54, 1.807) is 18.2 Å². The number of hydrogen-bond acceptors (Lipinski definition) is 4. The van der Waals surface area contributed by atoms with Gasteiger partial charge in [0.1, 0.15) is 17.4 Å². The molecule has 2 N–H and O–H groups in total. The molecule has 2 aromatic heterocycles. The molecule has 108 valence electrons. The van der Waals surface area contributed by atoms with E-state index in [9.17, 15) is 4.79 Å². The van der Waals surface area contributed by atoms with Crippen molar-refractivity contribution in [1.82, 2.24) is 9.55 Å². The van der Waals surface area contributed by atoms with Crippen LogP contribution in [0.5, 0.6) is 0 Å². The summed E-state index contributed by atoms with van der Waals surface area (Å²) < 4.78 is 7.14. The highest BCUT2D eigenvalue weighted by Crippen LogP contribution is 2.24. The van der Waals surface area contributed by atoms with E-state index in [2.05, 4.69) is 4.98 Å². The van der Waals surface area contributed by atoms with E-state index in [1.807, 2.05) is 31.2 Å². The van der Waals surface area contributed by atoms with Gasteiger partial charge in [0, 0.05) is 5.39 Å². The maximum Gasteiger partial charge on any atom is 0.299 e. The standard InChI is InChI=1S/C17H13N3O2/c1-10-5-6-11-8-15(22-14(11)7-10)17(21)20-9-19-16-12(18)3-2-4-13(16)20/h2-9H,18H2,1H3. The largest absolute Gasteiger partial charge is 0.451 e. The first-order valence-electron chi connectivity index (χ1n) is 6.90. The monoisotopic (exact) mass is 291 g/mol. The lowest BCUT2D eigenvalue weighted by molar-refractivity contribution is 0.0939. The summed E-state index contributed by atoms with van der Waals surface area (Å²) in [6, 6.07) is 12.9. The van der Waals surface area contributed by atoms with Crippen molar-refractivity contribution in [3.8, 4) is 0 Å². The van der Waals surface area contributed by atoms with E-state index in [-0.39, 0.29) is 11.7 Å². The van der Waals surface area contributed by atoms with Crippen molar-refractivity contribution in [3.05, 3.63) is 60.1 Å². The van der Waals surface area contributed by atoms with Gasteiger partial charge in [0.15, 0.2) is 5.76 Å². The first kappa shape index (κ1) is 12.6. The molecule has 4 aromatic rings. The molecule has 0 aliphatic rings. The number of anilines is 1. The molecule has 0 atom stereocenters. The topological polar surface area (TPSA) is 74.0 Å². The molecule has 0 aliphatic carbocycles. The SMILES string of the molecule is Cc1ccc2cc(C(=O)n3cnc4c(N)cccc43)oc2c1. The van der Waals surface area contributed by atoms with Gasteiger partial charge in [0.05, 0.1) is 11.2 Å². The molecule has 0 fully saturated rings. The molecule has 5 heteroatoms. The van der Waals surface area contributed by atoms with Gasteiger partial charge >= 0.3 is 0 Å². The fraction of sp³-hybridized carbons (Fsp3) is 0.0588. The Balaban J connectivity index is 1.86. The van der Waals surface area contributed by atoms with Crippen molar-refractivity contribution in [3.63, 3.8) is 0 Å². The van der Waals surface area contributed by atoms with Crippen molar-refractivity contribution in [2.45, 2.75) is 6.92 Å². The van der Waals surface area contributed by atoms with Crippen molar-refractivity contribution in [1.29, 1.82) is 0 Å². The summed E-state index contributed by atoms with van der Waals surface area (Å²) >= 11 is 0. The Morgan fingerprint density at radius 2 is 2.09 bits per heavy atom. The van der Waals surface area contributed by atoms with Crippen molar-refractivity contribution < 1.29 is 9.21 Å². The minimum absolute atomic E-state index is 0.262. The molecule has 0 bridgehead atoms. The number of nitrogen functional groups attached to an aromatic ring is 1. The average molecular weight is 291 g/mol. The van der Waals surface area contributed by atoms with Crippen LogP contribution in [0.4, 0.5) is 5.69 Å². The van der Waals surface area contributed by atoms with Crippen LogP contribution >= 0.6 is 0 Å². The summed E-state index contributed by atoms with van der Waals surface area (Å²) in [7, 11) is 0. The van der Waals surface area contributed by atoms with Crippen LogP contribution in [0.15, 0.2) is 53.2 Å². The van der Waals surface area contributed by atoms with Crippen molar-refractivity contribution >= 4 is 33.6 Å². The van der Waals surface area contributed by atoms with Gasteiger partial charge in [-0.3, -0.25) is 9.36 Å². The highest BCUT2D eigenvalue weighted by atomic mass is 16.3. The average Bonchev–Trinajstić information content (AvgIpc) is 3.10. The number of para-hydroxylation sites is 1. The number of furan rings is 1. The summed E-state index contributed by atoms with van der Waals surface area (Å²) in [5, 5.41) is 0.901. The second-order valence-electron chi connectivity index (χ2n) is 5.29. The third-order valence-corrected chi connectivity index (χ3v) is 3.71. The molecule has 2 aromatic carbocycles. The van der Waals surface area contributed by atoms with E-state index in [0.29, 0.717) is 22.3 Å². The molecule has 0 radical (unpaired) electrons. The Kier molecular flexibility index (Phi) is 2.56. The highest BCUT2D eigenvalue weighted by molar-refractivity contribution is 6.03. The molecule has 0 saturated carbocycles. The molecule has 0 spiro atoms. The minimum atomic E-state index is -0.262. The van der Waals surface area contributed by atoms with E-state index in [1.165, 1.54) is 10.9 Å². The smallest absolute Gasteiger partial charge is 0.299 e. The maximum atomic E-state index is 12.7. The highest BCUT2D eigenvalue weighted by Gasteiger charge is 2.17. The third-order valence-electron chi connectivity index (χ3n) is 3.71. The van der Waals surface area contributed by atoms with Gasteiger partial charge < -0.3 is 10.2 Å². The molecule has 0 unspecified atom stereocenters. The summed E-state index contributed by atoms with van der Waals surface area (Å²) in [5.41, 5.74) is 9.49. The van der Waals surface area contributed by atoms with Gasteiger partial charge in [0.25, 0.3) is 5.91 Å². The first-order valence-corrected chi connectivity index (χ1v) is 6.90. The zero-order chi connectivity index (χ0) is 15.3. The van der Waals surface area contributed by atoms with Crippen LogP contribution in [-0.4, -0.2) is 15.5 Å². The van der Waals surface area contributed by atoms with Gasteiger partial charge in [-0.1, -0.05) is 18.2 Å². The lowest BCUT2D eigenvalue weighted by Crippen LogP contribution is -2.09. The van der Waals surface area contributed by atoms with Gasteiger partial charge in [-0.25, -0.2) is 4.98 Å². The Hall–Kier alpha value is -3.08. The number of carbonyl (C=O) groups excluding carboxylic acids is 1. The number of aryl methyl sites for hydroxylation is 1. The van der Waals surface area contributed by atoms with Crippen molar-refractivity contribution in [2.75, 3.05) is 5.73 Å². The summed E-state index contributed by atoms with van der Waals surface area (Å²) in [5.74, 6) is 0.0178. The Morgan fingerprint density at radius 3 is 2.95 bits per heavy atom. The van der Waals surface area contributed by atoms with Crippen LogP contribution < -0.4 is 5.73 Å². The molecule has 5 nitrogen and oxygen atoms in total. The second-order valence-corrected chi connectivity index (χ2v) is 5.29. The minimum Gasteiger partial charge on any atom is -0.451 e. The lowest BCUT2D eigenvalue weighted by Gasteiger charge is -2.00. The molecule has 0 saturated heterocycles. The number of fused-ring (bicyclic) bond motifs is 2. The van der Waals surface area contributed by atoms with Crippen LogP contribution in [0, 0.1) is 6.92 Å². The quantitative estimate of drug-likeness (QED) is 0.546. The molecular formula is C17H13N3O2. The van der Waals surface area contributed by atoms with Gasteiger partial charge in [-0.15, -0.1) is 0 Å². The van der Waals surface area contributed by atoms with Gasteiger partial charge in [-0.2, -0.15) is 0 Å². The zero-order valence-corrected chi connectivity index (χ0v) is 11.9. The molecule has 0 aliphatic heterocycles. The summed E-state index contributed by atoms with van der Waals surface area (Å²) in [6.07, 6.45) is 1.47. The molecule has 4 rings (SSSR count). The van der Waals surface area contributed by atoms with E-state index in [0.717, 1.165) is 10.9 Å². The predicted octanol–water partition coefficient (Wildman–Crippen LogP) is 3.36. The summed E-state index contributed by atoms with van der Waals surface area (Å²) in [6.45, 7) is 1.98. The zero-order valence-electron chi connectivity index (χ0n) is 11.9. The molecule has 22 heavy (non-hydrogen) atoms. The molecular weight excluding hydrogens is 278 g/mol. The number of benzene rings is 2. The molecule has 0 amide bonds. The first-order chi connectivity index (χ1) is 10.6. The van der Waals surface area contributed by atoms with E-state index in [4.69, 9.17) is 10.2 Å². The van der Waals surface area contributed by atoms with Crippen LogP contribution in [0.2, 0.25) is 0 Å². The number of hydrogen-bond donors (Lipinski definition) is 1. The van der Waals surface area contributed by atoms with Crippen LogP contribution in [0.25, 0.3) is 22.0 Å². The number of nitrogens with two attached hydrogens (primary N) is 1. The Bertz CT molecular complexity index is 1030. The Morgan fingerprint density at radius 1 is 1.23 bits per heavy atom. The Labute approximate surface area is 126 Å². The molecule has 2 heterocycles. The van der Waals surface area contributed by atoms with E-state index >= 15 is 0 Å². The normalized spacial score (nSPS) is 11.3. The third kappa shape index (κ3) is 1.79. The van der Waals surface area contributed by atoms with E-state index < -0.39 is 0 Å². The number of imidazole rings is 1. The predicted molar refractivity (Wildman–Crippen MR) is 84.8 cm³/mol. The number of aromatic nitrogens is 2. The fourth-order valence-corrected chi connectivity index (χ4v) is 2.59. The number of rotatable bonds is 1. The van der Waals surface area contributed by atoms with Crippen LogP contribution in [0.1, 0.15) is 16.1 Å². The van der Waals surface area contributed by atoms with Gasteiger partial charge in [-0.05, 0) is 36.8 Å². The lowest BCUT2D eigenvalue weighted by atomic mass is 10.2. The van der Waals surface area contributed by atoms with Crippen LogP contribution in [-0.2, 0) is 0 Å². The fourth-order valence-electron chi connectivity index (χ4n) is 2.59.